The van der Waals surface area contributed by atoms with Gasteiger partial charge < -0.3 is 4.98 Å². The second-order valence-corrected chi connectivity index (χ2v) is 5.08. The molecule has 102 valence electrons. The lowest BCUT2D eigenvalue weighted by Crippen LogP contribution is -2.16. The first kappa shape index (κ1) is 11.8. The molecule has 1 aromatic carbocycles. The molecule has 3 aromatic rings. The fraction of sp³-hybridized carbons (Fsp3) is 0.0625. The van der Waals surface area contributed by atoms with E-state index in [2.05, 4.69) is 20.5 Å². The van der Waals surface area contributed by atoms with Crippen LogP contribution in [-0.2, 0) is 0 Å². The van der Waals surface area contributed by atoms with Gasteiger partial charge in [-0.1, -0.05) is 0 Å². The van der Waals surface area contributed by atoms with Crippen LogP contribution < -0.4 is 5.43 Å². The summed E-state index contributed by atoms with van der Waals surface area (Å²) in [5.74, 6) is -0.182. The summed E-state index contributed by atoms with van der Waals surface area (Å²) in [4.78, 5) is 19.6. The molecule has 0 unspecified atom stereocenters. The van der Waals surface area contributed by atoms with Crippen molar-refractivity contribution in [3.63, 3.8) is 0 Å². The number of amides is 1. The largest absolute Gasteiger partial charge is 0.354 e. The molecular weight excluding hydrogens is 264 g/mol. The quantitative estimate of drug-likeness (QED) is 0.717. The Morgan fingerprint density at radius 3 is 2.76 bits per heavy atom. The third-order valence-electron chi connectivity index (χ3n) is 3.65. The maximum absolute atomic E-state index is 12.1. The van der Waals surface area contributed by atoms with E-state index in [4.69, 9.17) is 0 Å². The molecule has 0 atom stereocenters. The number of rotatable bonds is 1. The summed E-state index contributed by atoms with van der Waals surface area (Å²) in [6.07, 6.45) is 5.19. The molecule has 1 amide bonds. The predicted octanol–water partition coefficient (Wildman–Crippen LogP) is 2.62. The van der Waals surface area contributed by atoms with Crippen LogP contribution in [0.2, 0.25) is 0 Å². The number of nitrogens with zero attached hydrogens (tertiary/aromatic N) is 2. The van der Waals surface area contributed by atoms with Crippen LogP contribution in [0.3, 0.4) is 0 Å². The van der Waals surface area contributed by atoms with E-state index in [1.807, 2.05) is 31.2 Å². The third kappa shape index (κ3) is 1.74. The van der Waals surface area contributed by atoms with Gasteiger partial charge in [-0.05, 0) is 36.8 Å². The van der Waals surface area contributed by atoms with Crippen molar-refractivity contribution in [1.29, 1.82) is 0 Å². The summed E-state index contributed by atoms with van der Waals surface area (Å²) in [7, 11) is 0. The molecule has 5 nitrogen and oxygen atoms in total. The fourth-order valence-corrected chi connectivity index (χ4v) is 2.77. The first-order valence-electron chi connectivity index (χ1n) is 6.64. The normalized spacial score (nSPS) is 13.3. The number of hydrazone groups is 1. The van der Waals surface area contributed by atoms with Crippen LogP contribution in [0.4, 0.5) is 0 Å². The Morgan fingerprint density at radius 2 is 1.95 bits per heavy atom. The Bertz CT molecular complexity index is 894. The maximum Gasteiger partial charge on any atom is 0.272 e. The van der Waals surface area contributed by atoms with Crippen molar-refractivity contribution in [2.24, 2.45) is 5.10 Å². The third-order valence-corrected chi connectivity index (χ3v) is 3.65. The van der Waals surface area contributed by atoms with E-state index in [0.29, 0.717) is 5.56 Å². The lowest BCUT2D eigenvalue weighted by molar-refractivity contribution is 0.0957. The molecule has 4 rings (SSSR count). The average Bonchev–Trinajstić information content (AvgIpc) is 2.76. The van der Waals surface area contributed by atoms with Crippen LogP contribution in [-0.4, -0.2) is 22.1 Å². The number of H-pyrrole nitrogens is 1. The molecule has 1 aliphatic rings. The lowest BCUT2D eigenvalue weighted by atomic mass is 10.0. The van der Waals surface area contributed by atoms with Gasteiger partial charge in [-0.15, -0.1) is 0 Å². The molecule has 0 spiro atoms. The van der Waals surface area contributed by atoms with Crippen LogP contribution in [0, 0.1) is 6.92 Å². The Kier molecular flexibility index (Phi) is 2.41. The summed E-state index contributed by atoms with van der Waals surface area (Å²) < 4.78 is 0. The molecule has 1 aliphatic heterocycles. The number of pyridine rings is 1. The van der Waals surface area contributed by atoms with Crippen molar-refractivity contribution in [3.05, 3.63) is 53.3 Å². The molecular formula is C16H12N4O. The summed E-state index contributed by atoms with van der Waals surface area (Å²) in [5.41, 5.74) is 8.05. The van der Waals surface area contributed by atoms with E-state index < -0.39 is 0 Å². The highest BCUT2D eigenvalue weighted by atomic mass is 16.2. The highest BCUT2D eigenvalue weighted by Crippen LogP contribution is 2.32. The molecule has 0 aliphatic carbocycles. The van der Waals surface area contributed by atoms with Crippen molar-refractivity contribution in [2.75, 3.05) is 0 Å². The van der Waals surface area contributed by atoms with Gasteiger partial charge in [0.05, 0.1) is 17.5 Å². The molecule has 0 saturated heterocycles. The number of aromatic amines is 1. The summed E-state index contributed by atoms with van der Waals surface area (Å²) in [6.45, 7) is 1.97. The number of aromatic nitrogens is 2. The molecule has 21 heavy (non-hydrogen) atoms. The smallest absolute Gasteiger partial charge is 0.272 e. The number of carbonyl (C=O) groups is 1. The Hall–Kier alpha value is -2.95. The van der Waals surface area contributed by atoms with Gasteiger partial charge in [0, 0.05) is 34.4 Å². The SMILES string of the molecule is Cc1cc2c3c(c(-c4ccncc4)[nH]c3c1)C=NNC2=O. The zero-order chi connectivity index (χ0) is 14.4. The van der Waals surface area contributed by atoms with Crippen LogP contribution in [0.5, 0.6) is 0 Å². The summed E-state index contributed by atoms with van der Waals surface area (Å²) >= 11 is 0. The fourth-order valence-electron chi connectivity index (χ4n) is 2.77. The highest BCUT2D eigenvalue weighted by molar-refractivity contribution is 6.17. The Balaban J connectivity index is 2.13. The van der Waals surface area contributed by atoms with Gasteiger partial charge in [0.15, 0.2) is 0 Å². The van der Waals surface area contributed by atoms with Crippen LogP contribution in [0.1, 0.15) is 21.5 Å². The zero-order valence-corrected chi connectivity index (χ0v) is 11.3. The van der Waals surface area contributed by atoms with E-state index >= 15 is 0 Å². The predicted molar refractivity (Wildman–Crippen MR) is 81.3 cm³/mol. The number of hydrogen-bond acceptors (Lipinski definition) is 3. The first-order valence-corrected chi connectivity index (χ1v) is 6.64. The zero-order valence-electron chi connectivity index (χ0n) is 11.3. The minimum atomic E-state index is -0.182. The maximum atomic E-state index is 12.1. The van der Waals surface area contributed by atoms with E-state index in [-0.39, 0.29) is 5.91 Å². The summed E-state index contributed by atoms with van der Waals surface area (Å²) in [5, 5.41) is 4.93. The van der Waals surface area contributed by atoms with Crippen molar-refractivity contribution in [3.8, 4) is 11.3 Å². The molecule has 0 saturated carbocycles. The molecule has 5 heteroatoms. The lowest BCUT2D eigenvalue weighted by Gasteiger charge is -2.02. The highest BCUT2D eigenvalue weighted by Gasteiger charge is 2.21. The van der Waals surface area contributed by atoms with E-state index in [1.54, 1.807) is 18.6 Å². The summed E-state index contributed by atoms with van der Waals surface area (Å²) in [6, 6.07) is 7.79. The van der Waals surface area contributed by atoms with E-state index in [9.17, 15) is 4.79 Å². The van der Waals surface area contributed by atoms with Crippen molar-refractivity contribution < 1.29 is 4.79 Å². The minimum absolute atomic E-state index is 0.182. The topological polar surface area (TPSA) is 70.1 Å². The Morgan fingerprint density at radius 1 is 1.14 bits per heavy atom. The van der Waals surface area contributed by atoms with Gasteiger partial charge in [-0.2, -0.15) is 5.10 Å². The van der Waals surface area contributed by atoms with Crippen molar-refractivity contribution in [1.82, 2.24) is 15.4 Å². The van der Waals surface area contributed by atoms with Crippen LogP contribution >= 0.6 is 0 Å². The molecule has 2 aromatic heterocycles. The average molecular weight is 276 g/mol. The van der Waals surface area contributed by atoms with Crippen molar-refractivity contribution >= 4 is 23.0 Å². The second-order valence-electron chi connectivity index (χ2n) is 5.08. The standard InChI is InChI=1S/C16H12N4O/c1-9-6-11-14-12(8-18-20-16(11)21)15(19-13(14)7-9)10-2-4-17-5-3-10/h2-8,19H,1H3,(H,20,21). The first-order chi connectivity index (χ1) is 10.2. The molecule has 0 bridgehead atoms. The monoisotopic (exact) mass is 276 g/mol. The van der Waals surface area contributed by atoms with Crippen LogP contribution in [0.15, 0.2) is 41.8 Å². The Labute approximate surface area is 120 Å². The number of hydrogen-bond donors (Lipinski definition) is 2. The van der Waals surface area contributed by atoms with Crippen LogP contribution in [0.25, 0.3) is 22.2 Å². The van der Waals surface area contributed by atoms with Gasteiger partial charge in [0.2, 0.25) is 0 Å². The van der Waals surface area contributed by atoms with Gasteiger partial charge in [-0.25, -0.2) is 5.43 Å². The molecule has 3 heterocycles. The molecule has 0 fully saturated rings. The number of benzene rings is 1. The van der Waals surface area contributed by atoms with Crippen molar-refractivity contribution in [2.45, 2.75) is 6.92 Å². The minimum Gasteiger partial charge on any atom is -0.354 e. The van der Waals surface area contributed by atoms with Gasteiger partial charge >= 0.3 is 0 Å². The van der Waals surface area contributed by atoms with Gasteiger partial charge in [-0.3, -0.25) is 9.78 Å². The number of aryl methyl sites for hydroxylation is 1. The second kappa shape index (κ2) is 4.28. The number of carbonyl (C=O) groups excluding carboxylic acids is 1. The molecule has 2 N–H and O–H groups in total. The van der Waals surface area contributed by atoms with Gasteiger partial charge in [0.1, 0.15) is 0 Å². The molecule has 0 radical (unpaired) electrons. The van der Waals surface area contributed by atoms with E-state index in [0.717, 1.165) is 33.3 Å². The van der Waals surface area contributed by atoms with E-state index in [1.165, 1.54) is 0 Å². The van der Waals surface area contributed by atoms with Gasteiger partial charge in [0.25, 0.3) is 5.91 Å². The number of nitrogens with one attached hydrogen (secondary N) is 2.